The van der Waals surface area contributed by atoms with Crippen LogP contribution in [0.4, 0.5) is 0 Å². The van der Waals surface area contributed by atoms with Crippen LogP contribution < -0.4 is 4.74 Å². The van der Waals surface area contributed by atoms with E-state index in [0.717, 1.165) is 28.9 Å². The second kappa shape index (κ2) is 9.40. The summed E-state index contributed by atoms with van der Waals surface area (Å²) < 4.78 is 17.8. The lowest BCUT2D eigenvalue weighted by Gasteiger charge is -2.36. The van der Waals surface area contributed by atoms with Crippen LogP contribution in [0.2, 0.25) is 0 Å². The molecule has 172 valence electrons. The van der Waals surface area contributed by atoms with E-state index < -0.39 is 11.2 Å². The van der Waals surface area contributed by atoms with E-state index in [9.17, 15) is 4.79 Å². The molecule has 0 aromatic heterocycles. The number of carbonyl (C=O) groups is 1. The zero-order valence-corrected chi connectivity index (χ0v) is 19.8. The number of benzene rings is 3. The first kappa shape index (κ1) is 23.1. The van der Waals surface area contributed by atoms with E-state index in [2.05, 4.69) is 36.4 Å². The first-order chi connectivity index (χ1) is 15.8. The SMILES string of the molecule is COc1ccc(C(OCC2CC2C(=O)OC(C)(C)C)(c2ccccc2)c2ccccc2)cc1. The van der Waals surface area contributed by atoms with Gasteiger partial charge >= 0.3 is 5.97 Å². The van der Waals surface area contributed by atoms with Crippen molar-refractivity contribution in [3.8, 4) is 5.75 Å². The van der Waals surface area contributed by atoms with Crippen LogP contribution in [0.1, 0.15) is 43.9 Å². The van der Waals surface area contributed by atoms with Crippen LogP contribution in [0.25, 0.3) is 0 Å². The largest absolute Gasteiger partial charge is 0.497 e. The van der Waals surface area contributed by atoms with Gasteiger partial charge in [0.15, 0.2) is 0 Å². The average Bonchev–Trinajstić information content (AvgIpc) is 3.60. The summed E-state index contributed by atoms with van der Waals surface area (Å²) in [6.45, 7) is 6.16. The summed E-state index contributed by atoms with van der Waals surface area (Å²) in [7, 11) is 1.66. The molecular weight excluding hydrogens is 412 g/mol. The molecule has 1 aliphatic rings. The zero-order valence-electron chi connectivity index (χ0n) is 19.8. The minimum absolute atomic E-state index is 0.107. The molecule has 0 amide bonds. The maximum absolute atomic E-state index is 12.5. The Hall–Kier alpha value is -3.11. The highest BCUT2D eigenvalue weighted by Crippen LogP contribution is 2.46. The predicted molar refractivity (Wildman–Crippen MR) is 129 cm³/mol. The number of hydrogen-bond acceptors (Lipinski definition) is 4. The molecule has 2 unspecified atom stereocenters. The number of hydrogen-bond donors (Lipinski definition) is 0. The predicted octanol–water partition coefficient (Wildman–Crippen LogP) is 5.98. The average molecular weight is 445 g/mol. The van der Waals surface area contributed by atoms with Gasteiger partial charge in [0.25, 0.3) is 0 Å². The van der Waals surface area contributed by atoms with E-state index in [4.69, 9.17) is 14.2 Å². The number of rotatable bonds is 8. The Morgan fingerprint density at radius 2 is 1.33 bits per heavy atom. The van der Waals surface area contributed by atoms with Crippen molar-refractivity contribution in [3.05, 3.63) is 102 Å². The van der Waals surface area contributed by atoms with Gasteiger partial charge in [0.2, 0.25) is 0 Å². The maximum atomic E-state index is 12.5. The standard InChI is InChI=1S/C29H32O4/c1-28(2,3)33-27(30)26-19-21(26)20-32-29(22-11-7-5-8-12-22,23-13-9-6-10-14-23)24-15-17-25(31-4)18-16-24/h5-18,21,26H,19-20H2,1-4H3. The Bertz CT molecular complexity index is 1010. The molecule has 0 bridgehead atoms. The van der Waals surface area contributed by atoms with Gasteiger partial charge in [-0.05, 0) is 61.9 Å². The summed E-state index contributed by atoms with van der Waals surface area (Å²) in [5.74, 6) is 0.695. The van der Waals surface area contributed by atoms with Gasteiger partial charge in [0, 0.05) is 0 Å². The van der Waals surface area contributed by atoms with Crippen LogP contribution in [0.5, 0.6) is 5.75 Å². The van der Waals surface area contributed by atoms with Crippen molar-refractivity contribution in [3.63, 3.8) is 0 Å². The van der Waals surface area contributed by atoms with Crippen molar-refractivity contribution >= 4 is 5.97 Å². The van der Waals surface area contributed by atoms with Gasteiger partial charge in [-0.25, -0.2) is 0 Å². The lowest BCUT2D eigenvalue weighted by Crippen LogP contribution is -2.34. The third-order valence-corrected chi connectivity index (χ3v) is 6.00. The van der Waals surface area contributed by atoms with Gasteiger partial charge in [-0.3, -0.25) is 4.79 Å². The van der Waals surface area contributed by atoms with Gasteiger partial charge in [0.1, 0.15) is 17.0 Å². The summed E-state index contributed by atoms with van der Waals surface area (Å²) in [6, 6.07) is 28.5. The molecule has 0 N–H and O–H groups in total. The Kier molecular flexibility index (Phi) is 6.57. The molecular formula is C29H32O4. The molecule has 4 nitrogen and oxygen atoms in total. The van der Waals surface area contributed by atoms with Gasteiger partial charge in [-0.15, -0.1) is 0 Å². The van der Waals surface area contributed by atoms with E-state index in [1.807, 2.05) is 69.3 Å². The Labute approximate surface area is 196 Å². The van der Waals surface area contributed by atoms with E-state index >= 15 is 0 Å². The first-order valence-electron chi connectivity index (χ1n) is 11.5. The fourth-order valence-corrected chi connectivity index (χ4v) is 4.25. The van der Waals surface area contributed by atoms with Crippen LogP contribution in [-0.4, -0.2) is 25.3 Å². The lowest BCUT2D eigenvalue weighted by atomic mass is 9.80. The summed E-state index contributed by atoms with van der Waals surface area (Å²) in [5.41, 5.74) is 1.80. The van der Waals surface area contributed by atoms with E-state index in [0.29, 0.717) is 6.61 Å². The summed E-state index contributed by atoms with van der Waals surface area (Å²) in [5, 5.41) is 0. The molecule has 3 aromatic rings. The van der Waals surface area contributed by atoms with Gasteiger partial charge < -0.3 is 14.2 Å². The van der Waals surface area contributed by atoms with Crippen molar-refractivity contribution in [1.82, 2.24) is 0 Å². The molecule has 33 heavy (non-hydrogen) atoms. The molecule has 1 saturated carbocycles. The van der Waals surface area contributed by atoms with Crippen LogP contribution >= 0.6 is 0 Å². The number of carbonyl (C=O) groups excluding carboxylic acids is 1. The summed E-state index contributed by atoms with van der Waals surface area (Å²) in [4.78, 5) is 12.5. The highest BCUT2D eigenvalue weighted by atomic mass is 16.6. The fraction of sp³-hybridized carbons (Fsp3) is 0.345. The molecule has 0 spiro atoms. The second-order valence-corrected chi connectivity index (χ2v) is 9.59. The number of methoxy groups -OCH3 is 1. The van der Waals surface area contributed by atoms with Crippen molar-refractivity contribution in [1.29, 1.82) is 0 Å². The first-order valence-corrected chi connectivity index (χ1v) is 11.5. The molecule has 4 rings (SSSR count). The van der Waals surface area contributed by atoms with Crippen molar-refractivity contribution in [2.24, 2.45) is 11.8 Å². The molecule has 0 aliphatic heterocycles. The fourth-order valence-electron chi connectivity index (χ4n) is 4.25. The lowest BCUT2D eigenvalue weighted by molar-refractivity contribution is -0.157. The smallest absolute Gasteiger partial charge is 0.309 e. The molecule has 3 aromatic carbocycles. The van der Waals surface area contributed by atoms with Gasteiger partial charge in [-0.2, -0.15) is 0 Å². The molecule has 2 atom stereocenters. The molecule has 0 heterocycles. The summed E-state index contributed by atoms with van der Waals surface area (Å²) >= 11 is 0. The zero-order chi connectivity index (χ0) is 23.5. The van der Waals surface area contributed by atoms with Gasteiger partial charge in [-0.1, -0.05) is 72.8 Å². The molecule has 4 heteroatoms. The van der Waals surface area contributed by atoms with Crippen LogP contribution in [0.3, 0.4) is 0 Å². The van der Waals surface area contributed by atoms with Crippen LogP contribution in [0, 0.1) is 11.8 Å². The van der Waals surface area contributed by atoms with Crippen molar-refractivity contribution in [2.45, 2.75) is 38.4 Å². The third-order valence-electron chi connectivity index (χ3n) is 6.00. The van der Waals surface area contributed by atoms with E-state index in [1.165, 1.54) is 0 Å². The van der Waals surface area contributed by atoms with E-state index in [-0.39, 0.29) is 17.8 Å². The normalized spacial score (nSPS) is 17.9. The quantitative estimate of drug-likeness (QED) is 0.317. The molecule has 0 radical (unpaired) electrons. The van der Waals surface area contributed by atoms with Crippen LogP contribution in [0.15, 0.2) is 84.9 Å². The molecule has 1 aliphatic carbocycles. The highest BCUT2D eigenvalue weighted by Gasteiger charge is 2.48. The Morgan fingerprint density at radius 1 is 0.818 bits per heavy atom. The maximum Gasteiger partial charge on any atom is 0.309 e. The minimum atomic E-state index is -0.810. The minimum Gasteiger partial charge on any atom is -0.497 e. The van der Waals surface area contributed by atoms with Crippen LogP contribution in [-0.2, 0) is 19.9 Å². The monoisotopic (exact) mass is 444 g/mol. The van der Waals surface area contributed by atoms with Crippen molar-refractivity contribution < 1.29 is 19.0 Å². The Balaban J connectivity index is 1.69. The Morgan fingerprint density at radius 3 is 1.82 bits per heavy atom. The van der Waals surface area contributed by atoms with Crippen molar-refractivity contribution in [2.75, 3.05) is 13.7 Å². The highest BCUT2D eigenvalue weighted by molar-refractivity contribution is 5.76. The summed E-state index contributed by atoms with van der Waals surface area (Å²) in [6.07, 6.45) is 0.789. The number of ether oxygens (including phenoxy) is 3. The molecule has 1 fully saturated rings. The van der Waals surface area contributed by atoms with Gasteiger partial charge in [0.05, 0.1) is 19.6 Å². The molecule has 0 saturated heterocycles. The topological polar surface area (TPSA) is 44.8 Å². The second-order valence-electron chi connectivity index (χ2n) is 9.59. The number of esters is 1. The van der Waals surface area contributed by atoms with E-state index in [1.54, 1.807) is 7.11 Å². The third kappa shape index (κ3) is 5.12.